The highest BCUT2D eigenvalue weighted by Gasteiger charge is 2.51. The van der Waals surface area contributed by atoms with Crippen molar-refractivity contribution in [3.63, 3.8) is 0 Å². The second-order valence-electron chi connectivity index (χ2n) is 7.62. The lowest BCUT2D eigenvalue weighted by molar-refractivity contribution is -0.129. The molecule has 2 amide bonds. The molecule has 1 spiro atoms. The van der Waals surface area contributed by atoms with Gasteiger partial charge in [-0.25, -0.2) is 0 Å². The zero-order chi connectivity index (χ0) is 19.4. The van der Waals surface area contributed by atoms with E-state index in [0.29, 0.717) is 38.4 Å². The lowest BCUT2D eigenvalue weighted by atomic mass is 9.71. The van der Waals surface area contributed by atoms with Crippen molar-refractivity contribution in [1.82, 2.24) is 15.2 Å². The summed E-state index contributed by atoms with van der Waals surface area (Å²) in [5.74, 6) is -0.104. The van der Waals surface area contributed by atoms with Crippen molar-refractivity contribution in [2.45, 2.75) is 19.3 Å². The SMILES string of the molecule is O=C(NCCc1ccncc1)C1CN(C(=O)c2ccsc2)CC12CCOCC2. The first kappa shape index (κ1) is 19.1. The van der Waals surface area contributed by atoms with Crippen LogP contribution in [0.5, 0.6) is 0 Å². The second-order valence-corrected chi connectivity index (χ2v) is 8.40. The van der Waals surface area contributed by atoms with Crippen LogP contribution in [-0.2, 0) is 16.0 Å². The standard InChI is InChI=1S/C21H25N3O3S/c25-19(23-9-3-16-1-7-22-8-2-16)18-13-24(20(26)17-4-12-28-14-17)15-21(18)5-10-27-11-6-21/h1-2,4,7-8,12,14,18H,3,5-6,9-11,13,15H2,(H,23,25). The predicted molar refractivity (Wildman–Crippen MR) is 107 cm³/mol. The van der Waals surface area contributed by atoms with Crippen LogP contribution in [0.4, 0.5) is 0 Å². The Kier molecular flexibility index (Phi) is 5.73. The molecule has 2 aromatic heterocycles. The number of hydrogen-bond acceptors (Lipinski definition) is 5. The number of aromatic nitrogens is 1. The molecule has 2 aliphatic rings. The molecule has 2 aliphatic heterocycles. The summed E-state index contributed by atoms with van der Waals surface area (Å²) in [6, 6.07) is 5.78. The average molecular weight is 400 g/mol. The third-order valence-electron chi connectivity index (χ3n) is 5.97. The molecule has 2 saturated heterocycles. The van der Waals surface area contributed by atoms with Gasteiger partial charge in [-0.1, -0.05) is 0 Å². The van der Waals surface area contributed by atoms with Crippen molar-refractivity contribution in [3.8, 4) is 0 Å². The first-order valence-electron chi connectivity index (χ1n) is 9.74. The molecule has 7 heteroatoms. The van der Waals surface area contributed by atoms with Crippen molar-refractivity contribution >= 4 is 23.2 Å². The Balaban J connectivity index is 1.43. The molecule has 148 valence electrons. The summed E-state index contributed by atoms with van der Waals surface area (Å²) < 4.78 is 5.55. The Hall–Kier alpha value is -2.25. The van der Waals surface area contributed by atoms with E-state index in [4.69, 9.17) is 4.74 Å². The quantitative estimate of drug-likeness (QED) is 0.838. The van der Waals surface area contributed by atoms with Gasteiger partial charge in [0, 0.05) is 56.0 Å². The predicted octanol–water partition coefficient (Wildman–Crippen LogP) is 2.37. The number of ether oxygens (including phenoxy) is 1. The minimum Gasteiger partial charge on any atom is -0.381 e. The van der Waals surface area contributed by atoms with Crippen LogP contribution in [0.2, 0.25) is 0 Å². The van der Waals surface area contributed by atoms with Crippen molar-refractivity contribution in [1.29, 1.82) is 0 Å². The fourth-order valence-corrected chi connectivity index (χ4v) is 4.97. The van der Waals surface area contributed by atoms with Gasteiger partial charge >= 0.3 is 0 Å². The number of amides is 2. The van der Waals surface area contributed by atoms with Gasteiger partial charge in [-0.3, -0.25) is 14.6 Å². The highest BCUT2D eigenvalue weighted by atomic mass is 32.1. The van der Waals surface area contributed by atoms with Crippen molar-refractivity contribution in [3.05, 3.63) is 52.5 Å². The molecule has 0 aromatic carbocycles. The van der Waals surface area contributed by atoms with Crippen LogP contribution >= 0.6 is 11.3 Å². The molecule has 4 rings (SSSR count). The summed E-state index contributed by atoms with van der Waals surface area (Å²) in [6.45, 7) is 3.01. The van der Waals surface area contributed by atoms with Gasteiger partial charge in [-0.15, -0.1) is 0 Å². The first-order valence-corrected chi connectivity index (χ1v) is 10.7. The number of carbonyl (C=O) groups excluding carboxylic acids is 2. The Morgan fingerprint density at radius 3 is 2.75 bits per heavy atom. The molecule has 4 heterocycles. The smallest absolute Gasteiger partial charge is 0.254 e. The van der Waals surface area contributed by atoms with Gasteiger partial charge in [-0.05, 0) is 48.4 Å². The number of carbonyl (C=O) groups is 2. The molecule has 0 radical (unpaired) electrons. The number of likely N-dealkylation sites (tertiary alicyclic amines) is 1. The average Bonchev–Trinajstić information content (AvgIpc) is 3.38. The van der Waals surface area contributed by atoms with E-state index in [1.54, 1.807) is 12.4 Å². The van der Waals surface area contributed by atoms with E-state index in [9.17, 15) is 9.59 Å². The molecule has 6 nitrogen and oxygen atoms in total. The van der Waals surface area contributed by atoms with E-state index in [2.05, 4.69) is 10.3 Å². The number of hydrogen-bond donors (Lipinski definition) is 1. The number of nitrogens with zero attached hydrogens (tertiary/aromatic N) is 2. The molecular weight excluding hydrogens is 374 g/mol. The Labute approximate surface area is 168 Å². The maximum Gasteiger partial charge on any atom is 0.254 e. The summed E-state index contributed by atoms with van der Waals surface area (Å²) in [5.41, 5.74) is 1.69. The summed E-state index contributed by atoms with van der Waals surface area (Å²) in [4.78, 5) is 31.8. The van der Waals surface area contributed by atoms with Gasteiger partial charge in [0.1, 0.15) is 0 Å². The molecule has 0 saturated carbocycles. The zero-order valence-corrected chi connectivity index (χ0v) is 16.6. The van der Waals surface area contributed by atoms with E-state index in [1.165, 1.54) is 11.3 Å². The first-order chi connectivity index (χ1) is 13.7. The van der Waals surface area contributed by atoms with E-state index in [0.717, 1.165) is 24.8 Å². The van der Waals surface area contributed by atoms with Crippen LogP contribution in [0.3, 0.4) is 0 Å². The lowest BCUT2D eigenvalue weighted by Crippen LogP contribution is -2.44. The summed E-state index contributed by atoms with van der Waals surface area (Å²) in [5, 5.41) is 6.89. The van der Waals surface area contributed by atoms with Gasteiger partial charge in [0.05, 0.1) is 11.5 Å². The van der Waals surface area contributed by atoms with Crippen LogP contribution in [0.15, 0.2) is 41.4 Å². The Morgan fingerprint density at radius 1 is 1.25 bits per heavy atom. The van der Waals surface area contributed by atoms with Gasteiger partial charge < -0.3 is 15.0 Å². The van der Waals surface area contributed by atoms with Gasteiger partial charge in [0.2, 0.25) is 5.91 Å². The van der Waals surface area contributed by atoms with E-state index in [-0.39, 0.29) is 23.1 Å². The summed E-state index contributed by atoms with van der Waals surface area (Å²) in [7, 11) is 0. The van der Waals surface area contributed by atoms with Crippen LogP contribution in [0, 0.1) is 11.3 Å². The van der Waals surface area contributed by atoms with Crippen LogP contribution in [0.25, 0.3) is 0 Å². The maximum atomic E-state index is 13.1. The van der Waals surface area contributed by atoms with Crippen LogP contribution in [-0.4, -0.2) is 54.5 Å². The normalized spacial score (nSPS) is 21.0. The van der Waals surface area contributed by atoms with Crippen molar-refractivity contribution in [2.24, 2.45) is 11.3 Å². The van der Waals surface area contributed by atoms with Gasteiger partial charge in [0.25, 0.3) is 5.91 Å². The van der Waals surface area contributed by atoms with Crippen molar-refractivity contribution in [2.75, 3.05) is 32.8 Å². The highest BCUT2D eigenvalue weighted by molar-refractivity contribution is 7.08. The molecule has 1 unspecified atom stereocenters. The third kappa shape index (κ3) is 3.95. The Bertz CT molecular complexity index is 804. The van der Waals surface area contributed by atoms with E-state index >= 15 is 0 Å². The second kappa shape index (κ2) is 8.41. The van der Waals surface area contributed by atoms with E-state index in [1.807, 2.05) is 33.9 Å². The number of pyridine rings is 1. The topological polar surface area (TPSA) is 71.5 Å². The molecular formula is C21H25N3O3S. The number of nitrogens with one attached hydrogen (secondary N) is 1. The molecule has 2 aromatic rings. The molecule has 0 bridgehead atoms. The fraction of sp³-hybridized carbons (Fsp3) is 0.476. The van der Waals surface area contributed by atoms with Gasteiger partial charge in [0.15, 0.2) is 0 Å². The minimum absolute atomic E-state index is 0.0270. The van der Waals surface area contributed by atoms with Crippen LogP contribution in [0.1, 0.15) is 28.8 Å². The Morgan fingerprint density at radius 2 is 2.04 bits per heavy atom. The van der Waals surface area contributed by atoms with Crippen molar-refractivity contribution < 1.29 is 14.3 Å². The number of rotatable bonds is 5. The summed E-state index contributed by atoms with van der Waals surface area (Å²) in [6.07, 6.45) is 5.94. The zero-order valence-electron chi connectivity index (χ0n) is 15.8. The molecule has 1 N–H and O–H groups in total. The highest BCUT2D eigenvalue weighted by Crippen LogP contribution is 2.44. The number of thiophene rings is 1. The third-order valence-corrected chi connectivity index (χ3v) is 6.65. The fourth-order valence-electron chi connectivity index (χ4n) is 4.34. The minimum atomic E-state index is -0.184. The van der Waals surface area contributed by atoms with Crippen LogP contribution < -0.4 is 5.32 Å². The molecule has 28 heavy (non-hydrogen) atoms. The summed E-state index contributed by atoms with van der Waals surface area (Å²) >= 11 is 1.52. The van der Waals surface area contributed by atoms with Gasteiger partial charge in [-0.2, -0.15) is 11.3 Å². The molecule has 2 fully saturated rings. The molecule has 1 atom stereocenters. The monoisotopic (exact) mass is 399 g/mol. The molecule has 0 aliphatic carbocycles. The van der Waals surface area contributed by atoms with E-state index < -0.39 is 0 Å². The lowest BCUT2D eigenvalue weighted by Gasteiger charge is -2.37. The largest absolute Gasteiger partial charge is 0.381 e. The maximum absolute atomic E-state index is 13.1.